The zero-order valence-corrected chi connectivity index (χ0v) is 10.6. The van der Waals surface area contributed by atoms with Crippen LogP contribution in [-0.4, -0.2) is 13.1 Å². The third-order valence-electron chi connectivity index (χ3n) is 2.90. The third kappa shape index (κ3) is 2.54. The maximum Gasteiger partial charge on any atom is 0.150 e. The molecule has 0 spiro atoms. The molecule has 0 aromatic heterocycles. The van der Waals surface area contributed by atoms with Crippen LogP contribution in [0.25, 0.3) is 0 Å². The van der Waals surface area contributed by atoms with Crippen LogP contribution in [0.4, 0.5) is 14.5 Å². The second-order valence-corrected chi connectivity index (χ2v) is 5.03. The molecule has 0 radical (unpaired) electrons. The Kier molecular flexibility index (Phi) is 3.79. The Morgan fingerprint density at radius 2 is 1.44 bits per heavy atom. The number of halogens is 3. The predicted octanol–water partition coefficient (Wildman–Crippen LogP) is 4.11. The van der Waals surface area contributed by atoms with Crippen molar-refractivity contribution < 1.29 is 8.78 Å². The lowest BCUT2D eigenvalue weighted by Gasteiger charge is -2.23. The van der Waals surface area contributed by atoms with Gasteiger partial charge in [-0.2, -0.15) is 0 Å². The first kappa shape index (κ1) is 11.8. The highest BCUT2D eigenvalue weighted by Crippen LogP contribution is 2.28. The molecule has 0 unspecified atom stereocenters. The van der Waals surface area contributed by atoms with E-state index in [1.54, 1.807) is 0 Å². The Morgan fingerprint density at radius 1 is 0.938 bits per heavy atom. The second kappa shape index (κ2) is 5.13. The van der Waals surface area contributed by atoms with Crippen LogP contribution in [0.5, 0.6) is 0 Å². The van der Waals surface area contributed by atoms with Gasteiger partial charge in [0, 0.05) is 17.6 Å². The first-order valence-electron chi connectivity index (χ1n) is 5.58. The van der Waals surface area contributed by atoms with E-state index >= 15 is 0 Å². The molecule has 0 bridgehead atoms. The zero-order chi connectivity index (χ0) is 11.5. The summed E-state index contributed by atoms with van der Waals surface area (Å²) in [5.41, 5.74) is 0.130. The minimum Gasteiger partial charge on any atom is -0.367 e. The first-order valence-corrected chi connectivity index (χ1v) is 6.37. The monoisotopic (exact) mass is 289 g/mol. The van der Waals surface area contributed by atoms with E-state index in [1.807, 2.05) is 4.90 Å². The van der Waals surface area contributed by atoms with Crippen molar-refractivity contribution in [2.45, 2.75) is 25.7 Å². The maximum atomic E-state index is 13.7. The van der Waals surface area contributed by atoms with Crippen LogP contribution < -0.4 is 4.90 Å². The molecule has 1 aliphatic heterocycles. The summed E-state index contributed by atoms with van der Waals surface area (Å²) in [6, 6.07) is 2.65. The second-order valence-electron chi connectivity index (χ2n) is 4.12. The van der Waals surface area contributed by atoms with E-state index in [0.717, 1.165) is 38.8 Å². The fourth-order valence-electron chi connectivity index (χ4n) is 2.13. The summed E-state index contributed by atoms with van der Waals surface area (Å²) >= 11 is 3.09. The van der Waals surface area contributed by atoms with Gasteiger partial charge >= 0.3 is 0 Å². The van der Waals surface area contributed by atoms with Gasteiger partial charge in [0.15, 0.2) is 11.6 Å². The van der Waals surface area contributed by atoms with E-state index in [2.05, 4.69) is 15.9 Å². The van der Waals surface area contributed by atoms with E-state index < -0.39 is 11.6 Å². The van der Waals surface area contributed by atoms with Gasteiger partial charge in [0.1, 0.15) is 5.69 Å². The van der Waals surface area contributed by atoms with E-state index in [4.69, 9.17) is 0 Å². The molecule has 1 aliphatic rings. The van der Waals surface area contributed by atoms with Crippen LogP contribution in [-0.2, 0) is 0 Å². The highest BCUT2D eigenvalue weighted by Gasteiger charge is 2.18. The van der Waals surface area contributed by atoms with E-state index in [1.165, 1.54) is 12.1 Å². The lowest BCUT2D eigenvalue weighted by atomic mass is 10.2. The fraction of sp³-hybridized carbons (Fsp3) is 0.500. The minimum absolute atomic E-state index is 0.130. The van der Waals surface area contributed by atoms with Gasteiger partial charge in [-0.25, -0.2) is 8.78 Å². The number of anilines is 1. The Bertz CT molecular complexity index is 350. The normalized spacial score (nSPS) is 17.3. The number of hydrogen-bond donors (Lipinski definition) is 0. The molecule has 0 N–H and O–H groups in total. The van der Waals surface area contributed by atoms with Crippen molar-refractivity contribution in [1.29, 1.82) is 0 Å². The molecule has 1 fully saturated rings. The summed E-state index contributed by atoms with van der Waals surface area (Å²) in [6.07, 6.45) is 4.32. The highest BCUT2D eigenvalue weighted by molar-refractivity contribution is 9.10. The quantitative estimate of drug-likeness (QED) is 0.752. The Hall–Kier alpha value is -0.640. The van der Waals surface area contributed by atoms with Crippen LogP contribution in [0.15, 0.2) is 16.6 Å². The summed E-state index contributed by atoms with van der Waals surface area (Å²) in [6.45, 7) is 1.49. The molecule has 1 nitrogen and oxygen atoms in total. The molecule has 16 heavy (non-hydrogen) atoms. The van der Waals surface area contributed by atoms with Gasteiger partial charge < -0.3 is 4.90 Å². The van der Waals surface area contributed by atoms with Gasteiger partial charge in [-0.3, -0.25) is 0 Å². The van der Waals surface area contributed by atoms with Crippen molar-refractivity contribution in [1.82, 2.24) is 0 Å². The average molecular weight is 290 g/mol. The first-order chi connectivity index (χ1) is 7.68. The summed E-state index contributed by atoms with van der Waals surface area (Å²) in [4.78, 5) is 1.82. The van der Waals surface area contributed by atoms with Gasteiger partial charge in [-0.15, -0.1) is 0 Å². The van der Waals surface area contributed by atoms with Gasteiger partial charge in [-0.05, 0) is 25.0 Å². The Morgan fingerprint density at radius 3 is 1.94 bits per heavy atom. The summed E-state index contributed by atoms with van der Waals surface area (Å²) in [7, 11) is 0. The molecule has 0 amide bonds. The number of hydrogen-bond acceptors (Lipinski definition) is 1. The summed E-state index contributed by atoms with van der Waals surface area (Å²) in [5, 5.41) is 0. The van der Waals surface area contributed by atoms with Crippen LogP contribution in [0.2, 0.25) is 0 Å². The van der Waals surface area contributed by atoms with Crippen molar-refractivity contribution >= 4 is 21.6 Å². The SMILES string of the molecule is Fc1cc(Br)cc(F)c1N1CCCCCC1. The molecule has 1 aromatic rings. The van der Waals surface area contributed by atoms with Crippen molar-refractivity contribution in [3.8, 4) is 0 Å². The van der Waals surface area contributed by atoms with E-state index in [-0.39, 0.29) is 5.69 Å². The Labute approximate surface area is 103 Å². The van der Waals surface area contributed by atoms with Gasteiger partial charge in [-0.1, -0.05) is 28.8 Å². The number of nitrogens with zero attached hydrogens (tertiary/aromatic N) is 1. The molecule has 88 valence electrons. The van der Waals surface area contributed by atoms with E-state index in [9.17, 15) is 8.78 Å². The fourth-order valence-corrected chi connectivity index (χ4v) is 2.53. The van der Waals surface area contributed by atoms with Crippen LogP contribution >= 0.6 is 15.9 Å². The molecule has 0 atom stereocenters. The summed E-state index contributed by atoms with van der Waals surface area (Å²) < 4.78 is 27.9. The van der Waals surface area contributed by atoms with Gasteiger partial charge in [0.05, 0.1) is 0 Å². The minimum atomic E-state index is -0.478. The maximum absolute atomic E-state index is 13.7. The molecule has 1 aromatic carbocycles. The van der Waals surface area contributed by atoms with Gasteiger partial charge in [0.2, 0.25) is 0 Å². The molecule has 1 saturated heterocycles. The molecule has 0 aliphatic carbocycles. The van der Waals surface area contributed by atoms with Gasteiger partial charge in [0.25, 0.3) is 0 Å². The van der Waals surface area contributed by atoms with Crippen molar-refractivity contribution in [3.63, 3.8) is 0 Å². The van der Waals surface area contributed by atoms with Crippen molar-refractivity contribution in [2.75, 3.05) is 18.0 Å². The standard InChI is InChI=1S/C12H14BrF2N/c13-9-7-10(14)12(11(15)8-9)16-5-3-1-2-4-6-16/h7-8H,1-6H2. The Balaban J connectivity index is 2.31. The van der Waals surface area contributed by atoms with Crippen LogP contribution in [0.3, 0.4) is 0 Å². The molecular weight excluding hydrogens is 276 g/mol. The average Bonchev–Trinajstić information content (AvgIpc) is 2.44. The van der Waals surface area contributed by atoms with E-state index in [0.29, 0.717) is 4.47 Å². The molecule has 1 heterocycles. The topological polar surface area (TPSA) is 3.24 Å². The number of benzene rings is 1. The molecular formula is C12H14BrF2N. The van der Waals surface area contributed by atoms with Crippen molar-refractivity contribution in [3.05, 3.63) is 28.2 Å². The zero-order valence-electron chi connectivity index (χ0n) is 8.98. The number of rotatable bonds is 1. The molecule has 2 rings (SSSR count). The van der Waals surface area contributed by atoms with Crippen LogP contribution in [0, 0.1) is 11.6 Å². The van der Waals surface area contributed by atoms with Crippen molar-refractivity contribution in [2.24, 2.45) is 0 Å². The molecule has 4 heteroatoms. The predicted molar refractivity (Wildman–Crippen MR) is 64.7 cm³/mol. The largest absolute Gasteiger partial charge is 0.367 e. The lowest BCUT2D eigenvalue weighted by Crippen LogP contribution is -2.26. The summed E-state index contributed by atoms with van der Waals surface area (Å²) in [5.74, 6) is -0.956. The van der Waals surface area contributed by atoms with Crippen LogP contribution in [0.1, 0.15) is 25.7 Å². The smallest absolute Gasteiger partial charge is 0.150 e. The third-order valence-corrected chi connectivity index (χ3v) is 3.36. The highest BCUT2D eigenvalue weighted by atomic mass is 79.9. The molecule has 0 saturated carbocycles. The lowest BCUT2D eigenvalue weighted by molar-refractivity contribution is 0.569.